The summed E-state index contributed by atoms with van der Waals surface area (Å²) < 4.78 is 1.56. The fourth-order valence-electron chi connectivity index (χ4n) is 1.38. The molecule has 76 valence electrons. The summed E-state index contributed by atoms with van der Waals surface area (Å²) in [4.78, 5) is 10.2. The van der Waals surface area contributed by atoms with Crippen LogP contribution in [0, 0.1) is 10.1 Å². The highest BCUT2D eigenvalue weighted by Gasteiger charge is 2.15. The number of rotatable bonds is 3. The molecule has 2 aromatic rings. The summed E-state index contributed by atoms with van der Waals surface area (Å²) in [6.07, 6.45) is 1.66. The van der Waals surface area contributed by atoms with Gasteiger partial charge in [-0.05, 0) is 6.07 Å². The molecule has 1 aromatic carbocycles. The molecule has 0 bridgehead atoms. The van der Waals surface area contributed by atoms with Gasteiger partial charge in [0, 0.05) is 6.07 Å². The molecular weight excluding hydrogens is 196 g/mol. The first-order valence-corrected chi connectivity index (χ1v) is 4.31. The largest absolute Gasteiger partial charge is 0.299 e. The predicted octanol–water partition coefficient (Wildman–Crippen LogP) is 1.53. The Hall–Kier alpha value is -2.24. The first-order valence-electron chi connectivity index (χ1n) is 4.31. The summed E-state index contributed by atoms with van der Waals surface area (Å²) in [5.41, 5.74) is 0.927. The molecular formula is C9H8N4O2. The van der Waals surface area contributed by atoms with E-state index >= 15 is 0 Å². The molecule has 0 aliphatic rings. The van der Waals surface area contributed by atoms with Crippen LogP contribution in [-0.2, 0) is 6.54 Å². The maximum atomic E-state index is 10.7. The highest BCUT2D eigenvalue weighted by atomic mass is 16.6. The Morgan fingerprint density at radius 3 is 3.07 bits per heavy atom. The van der Waals surface area contributed by atoms with E-state index in [9.17, 15) is 10.1 Å². The van der Waals surface area contributed by atoms with Gasteiger partial charge in [-0.3, -0.25) is 10.1 Å². The van der Waals surface area contributed by atoms with Crippen molar-refractivity contribution in [3.63, 3.8) is 0 Å². The van der Waals surface area contributed by atoms with Crippen molar-refractivity contribution in [2.45, 2.75) is 6.54 Å². The zero-order valence-electron chi connectivity index (χ0n) is 7.83. The van der Waals surface area contributed by atoms with Gasteiger partial charge in [-0.15, -0.1) is 11.7 Å². The standard InChI is InChI=1S/C9H8N4O2/c1-2-6-12-7-4-3-5-8(13(14)15)9(7)10-11-12/h2-5H,1,6H2. The number of hydrogen-bond acceptors (Lipinski definition) is 4. The average Bonchev–Trinajstić information content (AvgIpc) is 2.62. The van der Waals surface area contributed by atoms with Gasteiger partial charge in [-0.1, -0.05) is 17.4 Å². The minimum Gasteiger partial charge on any atom is -0.258 e. The van der Waals surface area contributed by atoms with E-state index in [2.05, 4.69) is 16.9 Å². The number of nitrogens with zero attached hydrogens (tertiary/aromatic N) is 4. The lowest BCUT2D eigenvalue weighted by molar-refractivity contribution is -0.383. The average molecular weight is 204 g/mol. The Balaban J connectivity index is 2.68. The summed E-state index contributed by atoms with van der Waals surface area (Å²) in [6, 6.07) is 4.77. The van der Waals surface area contributed by atoms with Gasteiger partial charge in [0.1, 0.15) is 0 Å². The molecule has 15 heavy (non-hydrogen) atoms. The van der Waals surface area contributed by atoms with E-state index in [1.54, 1.807) is 22.9 Å². The molecule has 0 fully saturated rings. The summed E-state index contributed by atoms with van der Waals surface area (Å²) in [6.45, 7) is 4.06. The Bertz CT molecular complexity index is 532. The van der Waals surface area contributed by atoms with Crippen molar-refractivity contribution >= 4 is 16.7 Å². The Labute approximate surface area is 85.0 Å². The molecule has 0 radical (unpaired) electrons. The van der Waals surface area contributed by atoms with Crippen LogP contribution in [0.15, 0.2) is 30.9 Å². The summed E-state index contributed by atoms with van der Waals surface area (Å²) in [5, 5.41) is 18.3. The summed E-state index contributed by atoms with van der Waals surface area (Å²) >= 11 is 0. The third-order valence-corrected chi connectivity index (χ3v) is 2.02. The molecule has 0 saturated heterocycles. The van der Waals surface area contributed by atoms with Gasteiger partial charge >= 0.3 is 0 Å². The zero-order chi connectivity index (χ0) is 10.8. The molecule has 0 aliphatic carbocycles. The van der Waals surface area contributed by atoms with Crippen LogP contribution < -0.4 is 0 Å². The molecule has 1 heterocycles. The van der Waals surface area contributed by atoms with Crippen molar-refractivity contribution < 1.29 is 4.92 Å². The quantitative estimate of drug-likeness (QED) is 0.431. The molecule has 0 N–H and O–H groups in total. The first-order chi connectivity index (χ1) is 7.24. The van der Waals surface area contributed by atoms with E-state index in [-0.39, 0.29) is 5.69 Å². The number of hydrogen-bond donors (Lipinski definition) is 0. The molecule has 6 heteroatoms. The lowest BCUT2D eigenvalue weighted by Gasteiger charge is -1.95. The highest BCUT2D eigenvalue weighted by Crippen LogP contribution is 2.22. The van der Waals surface area contributed by atoms with Crippen LogP contribution in [0.3, 0.4) is 0 Å². The fourth-order valence-corrected chi connectivity index (χ4v) is 1.38. The maximum Gasteiger partial charge on any atom is 0.299 e. The van der Waals surface area contributed by atoms with Crippen molar-refractivity contribution in [1.29, 1.82) is 0 Å². The molecule has 1 aromatic heterocycles. The predicted molar refractivity (Wildman–Crippen MR) is 54.4 cm³/mol. The Morgan fingerprint density at radius 2 is 2.40 bits per heavy atom. The third-order valence-electron chi connectivity index (χ3n) is 2.02. The highest BCUT2D eigenvalue weighted by molar-refractivity contribution is 5.83. The number of fused-ring (bicyclic) bond motifs is 1. The van der Waals surface area contributed by atoms with Crippen LogP contribution >= 0.6 is 0 Å². The number of allylic oxidation sites excluding steroid dienone is 1. The minimum atomic E-state index is -0.463. The molecule has 0 atom stereocenters. The number of aromatic nitrogens is 3. The third kappa shape index (κ3) is 1.45. The van der Waals surface area contributed by atoms with Crippen molar-refractivity contribution in [1.82, 2.24) is 15.0 Å². The van der Waals surface area contributed by atoms with E-state index in [1.165, 1.54) is 6.07 Å². The number of nitro benzene ring substituents is 1. The van der Waals surface area contributed by atoms with Gasteiger partial charge < -0.3 is 0 Å². The second-order valence-corrected chi connectivity index (χ2v) is 2.96. The van der Waals surface area contributed by atoms with E-state index in [4.69, 9.17) is 0 Å². The van der Waals surface area contributed by atoms with E-state index in [1.807, 2.05) is 0 Å². The fraction of sp³-hybridized carbons (Fsp3) is 0.111. The van der Waals surface area contributed by atoms with Crippen LogP contribution in [0.2, 0.25) is 0 Å². The van der Waals surface area contributed by atoms with Crippen molar-refractivity contribution in [3.8, 4) is 0 Å². The number of nitro groups is 1. The van der Waals surface area contributed by atoms with Crippen molar-refractivity contribution in [2.24, 2.45) is 0 Å². The van der Waals surface area contributed by atoms with Crippen LogP contribution in [0.1, 0.15) is 0 Å². The van der Waals surface area contributed by atoms with E-state index in [0.717, 1.165) is 0 Å². The van der Waals surface area contributed by atoms with Gasteiger partial charge in [0.2, 0.25) is 0 Å². The SMILES string of the molecule is C=CCn1nnc2c([N+](=O)[O-])cccc21. The normalized spacial score (nSPS) is 10.4. The molecule has 0 saturated carbocycles. The molecule has 0 amide bonds. The maximum absolute atomic E-state index is 10.7. The van der Waals surface area contributed by atoms with E-state index < -0.39 is 4.92 Å². The van der Waals surface area contributed by atoms with Gasteiger partial charge in [0.15, 0.2) is 5.52 Å². The van der Waals surface area contributed by atoms with Crippen LogP contribution in [0.25, 0.3) is 11.0 Å². The monoisotopic (exact) mass is 204 g/mol. The second-order valence-electron chi connectivity index (χ2n) is 2.96. The smallest absolute Gasteiger partial charge is 0.258 e. The van der Waals surface area contributed by atoms with Gasteiger partial charge in [0.25, 0.3) is 5.69 Å². The second kappa shape index (κ2) is 3.49. The number of non-ortho nitro benzene ring substituents is 1. The molecule has 0 aliphatic heterocycles. The molecule has 0 spiro atoms. The Morgan fingerprint density at radius 1 is 1.60 bits per heavy atom. The topological polar surface area (TPSA) is 73.8 Å². The first kappa shape index (κ1) is 9.32. The van der Waals surface area contributed by atoms with Gasteiger partial charge in [0.05, 0.1) is 17.0 Å². The van der Waals surface area contributed by atoms with Gasteiger partial charge in [-0.2, -0.15) is 0 Å². The number of benzene rings is 1. The molecule has 2 rings (SSSR count). The lowest BCUT2D eigenvalue weighted by Crippen LogP contribution is -1.96. The van der Waals surface area contributed by atoms with Crippen LogP contribution in [0.4, 0.5) is 5.69 Å². The van der Waals surface area contributed by atoms with Gasteiger partial charge in [-0.25, -0.2) is 4.68 Å². The van der Waals surface area contributed by atoms with Crippen LogP contribution in [-0.4, -0.2) is 19.9 Å². The summed E-state index contributed by atoms with van der Waals surface area (Å²) in [7, 11) is 0. The summed E-state index contributed by atoms with van der Waals surface area (Å²) in [5.74, 6) is 0. The van der Waals surface area contributed by atoms with Crippen molar-refractivity contribution in [2.75, 3.05) is 0 Å². The molecule has 0 unspecified atom stereocenters. The molecule has 6 nitrogen and oxygen atoms in total. The van der Waals surface area contributed by atoms with Crippen molar-refractivity contribution in [3.05, 3.63) is 41.0 Å². The van der Waals surface area contributed by atoms with E-state index in [0.29, 0.717) is 17.6 Å². The zero-order valence-corrected chi connectivity index (χ0v) is 7.83. The van der Waals surface area contributed by atoms with Crippen LogP contribution in [0.5, 0.6) is 0 Å². The lowest BCUT2D eigenvalue weighted by atomic mass is 10.2. The minimum absolute atomic E-state index is 0.0252. The Kier molecular flexibility index (Phi) is 2.17.